The van der Waals surface area contributed by atoms with Crippen molar-refractivity contribution in [2.75, 3.05) is 0 Å². The molecule has 0 saturated carbocycles. The fourth-order valence-electron chi connectivity index (χ4n) is 0.884. The van der Waals surface area contributed by atoms with Crippen LogP contribution in [0.5, 0.6) is 0 Å². The van der Waals surface area contributed by atoms with Crippen LogP contribution in [0.3, 0.4) is 0 Å². The summed E-state index contributed by atoms with van der Waals surface area (Å²) in [5.74, 6) is -0.564. The predicted molar refractivity (Wildman–Crippen MR) is 51.3 cm³/mol. The minimum Gasteiger partial charge on any atom is -0.266 e. The van der Waals surface area contributed by atoms with Gasteiger partial charge in [0.05, 0.1) is 0 Å². The standard InChI is InChI=1S/C9H6BrNO2/c1-6-4-7(2-3-8(6)10)9(13)11-5-12/h2-4H,1H3. The topological polar surface area (TPSA) is 46.5 Å². The summed E-state index contributed by atoms with van der Waals surface area (Å²) < 4.78 is 0.916. The van der Waals surface area contributed by atoms with Crippen molar-refractivity contribution < 1.29 is 9.59 Å². The van der Waals surface area contributed by atoms with Crippen molar-refractivity contribution in [2.24, 2.45) is 4.99 Å². The number of hydrogen-bond acceptors (Lipinski definition) is 2. The molecule has 13 heavy (non-hydrogen) atoms. The van der Waals surface area contributed by atoms with Crippen molar-refractivity contribution in [1.29, 1.82) is 0 Å². The molecule has 1 rings (SSSR count). The van der Waals surface area contributed by atoms with Gasteiger partial charge < -0.3 is 0 Å². The van der Waals surface area contributed by atoms with Crippen LogP contribution in [0.2, 0.25) is 0 Å². The first-order valence-corrected chi connectivity index (χ1v) is 4.33. The molecular formula is C9H6BrNO2. The molecule has 0 bridgehead atoms. The first-order valence-electron chi connectivity index (χ1n) is 3.53. The normalized spacial score (nSPS) is 9.08. The number of carbonyl (C=O) groups is 1. The minimum absolute atomic E-state index is 0.393. The first-order chi connectivity index (χ1) is 6.15. The van der Waals surface area contributed by atoms with Gasteiger partial charge in [-0.2, -0.15) is 0 Å². The highest BCUT2D eigenvalue weighted by Crippen LogP contribution is 2.17. The summed E-state index contributed by atoms with van der Waals surface area (Å²) in [6.07, 6.45) is 1.21. The van der Waals surface area contributed by atoms with Crippen LogP contribution in [0.25, 0.3) is 0 Å². The van der Waals surface area contributed by atoms with Gasteiger partial charge in [0.25, 0.3) is 5.91 Å². The zero-order valence-electron chi connectivity index (χ0n) is 6.87. The van der Waals surface area contributed by atoms with E-state index in [1.807, 2.05) is 6.92 Å². The molecule has 0 atom stereocenters. The Morgan fingerprint density at radius 3 is 2.77 bits per heavy atom. The molecule has 3 nitrogen and oxygen atoms in total. The second kappa shape index (κ2) is 4.12. The fraction of sp³-hybridized carbons (Fsp3) is 0.111. The molecule has 1 aromatic rings. The summed E-state index contributed by atoms with van der Waals surface area (Å²) in [6, 6.07) is 5.00. The lowest BCUT2D eigenvalue weighted by molar-refractivity contribution is 0.100. The number of nitrogens with zero attached hydrogens (tertiary/aromatic N) is 1. The first kappa shape index (κ1) is 9.84. The molecular weight excluding hydrogens is 234 g/mol. The Balaban J connectivity index is 3.10. The third kappa shape index (κ3) is 2.34. The minimum atomic E-state index is -0.564. The maximum atomic E-state index is 11.1. The fourth-order valence-corrected chi connectivity index (χ4v) is 1.13. The maximum absolute atomic E-state index is 11.1. The highest BCUT2D eigenvalue weighted by molar-refractivity contribution is 9.10. The van der Waals surface area contributed by atoms with Gasteiger partial charge in [-0.05, 0) is 30.7 Å². The van der Waals surface area contributed by atoms with E-state index in [-0.39, 0.29) is 0 Å². The highest BCUT2D eigenvalue weighted by atomic mass is 79.9. The average molecular weight is 240 g/mol. The van der Waals surface area contributed by atoms with E-state index in [0.29, 0.717) is 5.56 Å². The lowest BCUT2D eigenvalue weighted by atomic mass is 10.1. The molecule has 4 heteroatoms. The number of carbonyl (C=O) groups excluding carboxylic acids is 2. The van der Waals surface area contributed by atoms with E-state index >= 15 is 0 Å². The van der Waals surface area contributed by atoms with Crippen LogP contribution in [0, 0.1) is 6.92 Å². The molecule has 0 aromatic heterocycles. The van der Waals surface area contributed by atoms with Gasteiger partial charge >= 0.3 is 0 Å². The molecule has 0 fully saturated rings. The van der Waals surface area contributed by atoms with E-state index in [1.165, 1.54) is 6.08 Å². The summed E-state index contributed by atoms with van der Waals surface area (Å²) in [5.41, 5.74) is 1.32. The third-order valence-corrected chi connectivity index (χ3v) is 2.44. The zero-order valence-corrected chi connectivity index (χ0v) is 8.46. The third-order valence-electron chi connectivity index (χ3n) is 1.55. The summed E-state index contributed by atoms with van der Waals surface area (Å²) in [6.45, 7) is 1.85. The van der Waals surface area contributed by atoms with Crippen LogP contribution in [-0.2, 0) is 4.79 Å². The lowest BCUT2D eigenvalue weighted by Gasteiger charge is -1.98. The van der Waals surface area contributed by atoms with E-state index in [2.05, 4.69) is 20.9 Å². The quantitative estimate of drug-likeness (QED) is 0.558. The Hall–Kier alpha value is -1.25. The number of rotatable bonds is 1. The van der Waals surface area contributed by atoms with E-state index in [4.69, 9.17) is 0 Å². The Morgan fingerprint density at radius 1 is 1.54 bits per heavy atom. The van der Waals surface area contributed by atoms with Gasteiger partial charge in [-0.1, -0.05) is 15.9 Å². The van der Waals surface area contributed by atoms with Crippen LogP contribution in [0.15, 0.2) is 27.7 Å². The van der Waals surface area contributed by atoms with Gasteiger partial charge in [0.2, 0.25) is 6.08 Å². The number of benzene rings is 1. The van der Waals surface area contributed by atoms with Crippen molar-refractivity contribution in [3.63, 3.8) is 0 Å². The van der Waals surface area contributed by atoms with Crippen molar-refractivity contribution in [1.82, 2.24) is 0 Å². The molecule has 0 heterocycles. The van der Waals surface area contributed by atoms with Crippen LogP contribution >= 0.6 is 15.9 Å². The van der Waals surface area contributed by atoms with Gasteiger partial charge in [-0.15, -0.1) is 4.99 Å². The van der Waals surface area contributed by atoms with Crippen LogP contribution < -0.4 is 0 Å². The number of amides is 1. The molecule has 0 spiro atoms. The Labute approximate surface area is 83.6 Å². The van der Waals surface area contributed by atoms with Crippen molar-refractivity contribution in [2.45, 2.75) is 6.92 Å². The number of aryl methyl sites for hydroxylation is 1. The van der Waals surface area contributed by atoms with Crippen LogP contribution in [0.4, 0.5) is 0 Å². The maximum Gasteiger partial charge on any atom is 0.287 e. The van der Waals surface area contributed by atoms with E-state index in [1.54, 1.807) is 18.2 Å². The molecule has 0 radical (unpaired) electrons. The summed E-state index contributed by atoms with van der Waals surface area (Å²) in [5, 5.41) is 0. The molecule has 0 saturated heterocycles. The van der Waals surface area contributed by atoms with Gasteiger partial charge in [0.1, 0.15) is 0 Å². The number of isocyanates is 1. The second-order valence-corrected chi connectivity index (χ2v) is 3.33. The number of hydrogen-bond donors (Lipinski definition) is 0. The van der Waals surface area contributed by atoms with Crippen molar-refractivity contribution in [3.05, 3.63) is 33.8 Å². The molecule has 0 aliphatic carbocycles. The van der Waals surface area contributed by atoms with Crippen molar-refractivity contribution in [3.8, 4) is 0 Å². The van der Waals surface area contributed by atoms with Gasteiger partial charge in [0.15, 0.2) is 0 Å². The monoisotopic (exact) mass is 239 g/mol. The average Bonchev–Trinajstić information content (AvgIpc) is 2.10. The largest absolute Gasteiger partial charge is 0.287 e. The molecule has 0 aliphatic rings. The zero-order chi connectivity index (χ0) is 9.84. The van der Waals surface area contributed by atoms with Crippen molar-refractivity contribution >= 4 is 27.9 Å². The Bertz CT molecular complexity index is 395. The number of aliphatic imine (C=N–C) groups is 1. The lowest BCUT2D eigenvalue weighted by Crippen LogP contribution is -1.94. The number of halogens is 1. The summed E-state index contributed by atoms with van der Waals surface area (Å²) in [4.78, 5) is 23.9. The molecule has 0 aliphatic heterocycles. The van der Waals surface area contributed by atoms with Crippen LogP contribution in [0.1, 0.15) is 15.9 Å². The van der Waals surface area contributed by atoms with Gasteiger partial charge in [0, 0.05) is 10.0 Å². The molecule has 66 valence electrons. The summed E-state index contributed by atoms with van der Waals surface area (Å²) in [7, 11) is 0. The molecule has 1 amide bonds. The molecule has 0 unspecified atom stereocenters. The SMILES string of the molecule is Cc1cc(C(=O)N=C=O)ccc1Br. The molecule has 1 aromatic carbocycles. The van der Waals surface area contributed by atoms with Crippen LogP contribution in [-0.4, -0.2) is 12.0 Å². The predicted octanol–water partition coefficient (Wildman–Crippen LogP) is 2.23. The van der Waals surface area contributed by atoms with Gasteiger partial charge in [-0.25, -0.2) is 4.79 Å². The van der Waals surface area contributed by atoms with E-state index in [0.717, 1.165) is 10.0 Å². The second-order valence-electron chi connectivity index (χ2n) is 2.47. The Kier molecular flexibility index (Phi) is 3.12. The smallest absolute Gasteiger partial charge is 0.266 e. The van der Waals surface area contributed by atoms with E-state index < -0.39 is 5.91 Å². The Morgan fingerprint density at radius 2 is 2.23 bits per heavy atom. The van der Waals surface area contributed by atoms with Gasteiger partial charge in [-0.3, -0.25) is 4.79 Å². The summed E-state index contributed by atoms with van der Waals surface area (Å²) >= 11 is 3.30. The highest BCUT2D eigenvalue weighted by Gasteiger charge is 2.04. The molecule has 0 N–H and O–H groups in total. The van der Waals surface area contributed by atoms with E-state index in [9.17, 15) is 9.59 Å².